The highest BCUT2D eigenvalue weighted by molar-refractivity contribution is 7.92. The number of carbonyl (C=O) groups excluding carboxylic acids is 1. The van der Waals surface area contributed by atoms with Crippen LogP contribution in [0, 0.1) is 0 Å². The molecule has 0 aliphatic rings. The van der Waals surface area contributed by atoms with Crippen LogP contribution in [0.1, 0.15) is 10.4 Å². The minimum absolute atomic E-state index is 0.134. The smallest absolute Gasteiger partial charge is 0.293 e. The largest absolute Gasteiger partial charge is 0.373 e. The molecule has 0 spiro atoms. The lowest BCUT2D eigenvalue weighted by Crippen LogP contribution is -2.13. The van der Waals surface area contributed by atoms with Gasteiger partial charge >= 0.3 is 5.97 Å². The van der Waals surface area contributed by atoms with E-state index >= 15 is 0 Å². The van der Waals surface area contributed by atoms with Crippen molar-refractivity contribution in [2.75, 3.05) is 11.8 Å². The molecule has 110 valence electrons. The van der Waals surface area contributed by atoms with Crippen LogP contribution < -0.4 is 4.72 Å². The predicted octanol–water partition coefficient (Wildman–Crippen LogP) is 2.21. The Labute approximate surface area is 122 Å². The standard InChI is InChI=1S/C14H13NO5S/c1-19-20-14(16)11-6-5-7-12(10-11)15-21(17,18)13-8-3-2-4-9-13/h2-10,15H,1H3. The Bertz CT molecular complexity index is 728. The van der Waals surface area contributed by atoms with Crippen molar-refractivity contribution >= 4 is 21.7 Å². The average Bonchev–Trinajstić information content (AvgIpc) is 2.48. The van der Waals surface area contributed by atoms with Gasteiger partial charge in [0.1, 0.15) is 0 Å². The van der Waals surface area contributed by atoms with Crippen LogP contribution in [-0.2, 0) is 19.8 Å². The second-order valence-corrected chi connectivity index (χ2v) is 5.72. The number of hydrogen-bond donors (Lipinski definition) is 1. The molecule has 1 N–H and O–H groups in total. The van der Waals surface area contributed by atoms with Crippen LogP contribution in [0.5, 0.6) is 0 Å². The maximum absolute atomic E-state index is 12.2. The molecule has 2 aromatic carbocycles. The third-order valence-corrected chi connectivity index (χ3v) is 3.96. The molecular formula is C14H13NO5S. The third kappa shape index (κ3) is 3.80. The SMILES string of the molecule is COOC(=O)c1cccc(NS(=O)(=O)c2ccccc2)c1. The van der Waals surface area contributed by atoms with Crippen LogP contribution in [0.15, 0.2) is 59.5 Å². The lowest BCUT2D eigenvalue weighted by atomic mass is 10.2. The lowest BCUT2D eigenvalue weighted by Gasteiger charge is -2.09. The molecule has 2 aromatic rings. The fourth-order valence-electron chi connectivity index (χ4n) is 1.65. The van der Waals surface area contributed by atoms with Gasteiger partial charge in [0.15, 0.2) is 0 Å². The Hall–Kier alpha value is -2.38. The summed E-state index contributed by atoms with van der Waals surface area (Å²) in [6.45, 7) is 0. The van der Waals surface area contributed by atoms with Gasteiger partial charge in [-0.05, 0) is 30.3 Å². The van der Waals surface area contributed by atoms with E-state index < -0.39 is 16.0 Å². The van der Waals surface area contributed by atoms with Gasteiger partial charge in [0.05, 0.1) is 17.6 Å². The van der Waals surface area contributed by atoms with Crippen molar-refractivity contribution in [3.8, 4) is 0 Å². The number of carbonyl (C=O) groups is 1. The minimum atomic E-state index is -3.70. The molecule has 0 fully saturated rings. The first kappa shape index (κ1) is 15.0. The van der Waals surface area contributed by atoms with Gasteiger partial charge in [0.2, 0.25) is 0 Å². The highest BCUT2D eigenvalue weighted by Crippen LogP contribution is 2.17. The maximum atomic E-state index is 12.2. The summed E-state index contributed by atoms with van der Waals surface area (Å²) in [5.41, 5.74) is 0.425. The molecule has 0 aliphatic heterocycles. The van der Waals surface area contributed by atoms with Gasteiger partial charge in [-0.1, -0.05) is 24.3 Å². The molecule has 0 heterocycles. The number of sulfonamides is 1. The van der Waals surface area contributed by atoms with E-state index in [9.17, 15) is 13.2 Å². The van der Waals surface area contributed by atoms with Crippen LogP contribution in [0.2, 0.25) is 0 Å². The summed E-state index contributed by atoms with van der Waals surface area (Å²) in [6.07, 6.45) is 0. The number of rotatable bonds is 5. The Morgan fingerprint density at radius 3 is 2.43 bits per heavy atom. The molecule has 2 rings (SSSR count). The monoisotopic (exact) mass is 307 g/mol. The normalized spacial score (nSPS) is 10.9. The second-order valence-electron chi connectivity index (χ2n) is 4.04. The average molecular weight is 307 g/mol. The Morgan fingerprint density at radius 1 is 1.05 bits per heavy atom. The molecular weight excluding hydrogens is 294 g/mol. The third-order valence-electron chi connectivity index (χ3n) is 2.56. The van der Waals surface area contributed by atoms with Crippen LogP contribution >= 0.6 is 0 Å². The molecule has 0 radical (unpaired) electrons. The number of anilines is 1. The molecule has 21 heavy (non-hydrogen) atoms. The summed E-state index contributed by atoms with van der Waals surface area (Å²) >= 11 is 0. The van der Waals surface area contributed by atoms with E-state index in [1.807, 2.05) is 0 Å². The maximum Gasteiger partial charge on any atom is 0.373 e. The highest BCUT2D eigenvalue weighted by atomic mass is 32.2. The van der Waals surface area contributed by atoms with E-state index in [1.54, 1.807) is 18.2 Å². The van der Waals surface area contributed by atoms with E-state index in [0.29, 0.717) is 0 Å². The Balaban J connectivity index is 2.24. The van der Waals surface area contributed by atoms with Crippen molar-refractivity contribution in [3.63, 3.8) is 0 Å². The topological polar surface area (TPSA) is 81.7 Å². The molecule has 0 aliphatic carbocycles. The number of benzene rings is 2. The fraction of sp³-hybridized carbons (Fsp3) is 0.0714. The van der Waals surface area contributed by atoms with Crippen LogP contribution in [0.4, 0.5) is 5.69 Å². The van der Waals surface area contributed by atoms with Crippen LogP contribution in [0.25, 0.3) is 0 Å². The van der Waals surface area contributed by atoms with E-state index in [1.165, 1.54) is 43.5 Å². The van der Waals surface area contributed by atoms with Gasteiger partial charge in [0.25, 0.3) is 10.0 Å². The first-order valence-corrected chi connectivity index (χ1v) is 7.44. The molecule has 7 heteroatoms. The van der Waals surface area contributed by atoms with Crippen molar-refractivity contribution in [1.82, 2.24) is 0 Å². The molecule has 0 atom stereocenters. The zero-order valence-electron chi connectivity index (χ0n) is 11.1. The molecule has 0 unspecified atom stereocenters. The van der Waals surface area contributed by atoms with Gasteiger partial charge in [-0.3, -0.25) is 9.61 Å². The minimum Gasteiger partial charge on any atom is -0.293 e. The van der Waals surface area contributed by atoms with Crippen molar-refractivity contribution in [3.05, 3.63) is 60.2 Å². The number of nitrogens with one attached hydrogen (secondary N) is 1. The zero-order valence-corrected chi connectivity index (χ0v) is 12.0. The van der Waals surface area contributed by atoms with E-state index in [4.69, 9.17) is 0 Å². The van der Waals surface area contributed by atoms with Crippen molar-refractivity contribution in [2.24, 2.45) is 0 Å². The predicted molar refractivity (Wildman–Crippen MR) is 76.1 cm³/mol. The van der Waals surface area contributed by atoms with Gasteiger partial charge in [-0.2, -0.15) is 4.89 Å². The van der Waals surface area contributed by atoms with Gasteiger partial charge in [0, 0.05) is 5.69 Å². The highest BCUT2D eigenvalue weighted by Gasteiger charge is 2.15. The second kappa shape index (κ2) is 6.38. The van der Waals surface area contributed by atoms with E-state index in [0.717, 1.165) is 0 Å². The van der Waals surface area contributed by atoms with E-state index in [-0.39, 0.29) is 16.1 Å². The first-order valence-electron chi connectivity index (χ1n) is 5.96. The summed E-state index contributed by atoms with van der Waals surface area (Å²) in [7, 11) is -2.49. The molecule has 0 bridgehead atoms. The van der Waals surface area contributed by atoms with Gasteiger partial charge in [-0.25, -0.2) is 13.2 Å². The van der Waals surface area contributed by atoms with Crippen molar-refractivity contribution in [1.29, 1.82) is 0 Å². The molecule has 0 saturated heterocycles. The molecule has 0 saturated carbocycles. The first-order chi connectivity index (χ1) is 10.0. The summed E-state index contributed by atoms with van der Waals surface area (Å²) in [6, 6.07) is 13.8. The summed E-state index contributed by atoms with van der Waals surface area (Å²) < 4.78 is 26.7. The van der Waals surface area contributed by atoms with Crippen LogP contribution in [-0.4, -0.2) is 21.5 Å². The molecule has 6 nitrogen and oxygen atoms in total. The van der Waals surface area contributed by atoms with Crippen molar-refractivity contribution < 1.29 is 23.0 Å². The summed E-state index contributed by atoms with van der Waals surface area (Å²) in [4.78, 5) is 20.3. The van der Waals surface area contributed by atoms with Gasteiger partial charge < -0.3 is 0 Å². The lowest BCUT2D eigenvalue weighted by molar-refractivity contribution is -0.216. The number of hydrogen-bond acceptors (Lipinski definition) is 5. The molecule has 0 amide bonds. The Morgan fingerprint density at radius 2 is 1.76 bits per heavy atom. The van der Waals surface area contributed by atoms with E-state index in [2.05, 4.69) is 14.5 Å². The van der Waals surface area contributed by atoms with Crippen LogP contribution in [0.3, 0.4) is 0 Å². The summed E-state index contributed by atoms with van der Waals surface area (Å²) in [5.74, 6) is -0.710. The van der Waals surface area contributed by atoms with Gasteiger partial charge in [-0.15, -0.1) is 0 Å². The summed E-state index contributed by atoms with van der Waals surface area (Å²) in [5, 5.41) is 0. The van der Waals surface area contributed by atoms with Crippen molar-refractivity contribution in [2.45, 2.75) is 4.90 Å². The fourth-order valence-corrected chi connectivity index (χ4v) is 2.72. The zero-order chi connectivity index (χ0) is 15.3. The molecule has 0 aromatic heterocycles. The quantitative estimate of drug-likeness (QED) is 0.676. The Kier molecular flexibility index (Phi) is 4.56.